The van der Waals surface area contributed by atoms with Gasteiger partial charge in [-0.2, -0.15) is 0 Å². The van der Waals surface area contributed by atoms with Crippen molar-refractivity contribution in [3.63, 3.8) is 0 Å². The average Bonchev–Trinajstić information content (AvgIpc) is 2.63. The van der Waals surface area contributed by atoms with Crippen LogP contribution in [0.3, 0.4) is 0 Å². The van der Waals surface area contributed by atoms with E-state index >= 15 is 0 Å². The number of benzene rings is 3. The topological polar surface area (TPSA) is 27.7 Å². The minimum atomic E-state index is -3.61. The van der Waals surface area contributed by atoms with Gasteiger partial charge < -0.3 is 0 Å². The molecule has 0 aliphatic carbocycles. The monoisotopic (exact) mass is 494 g/mol. The van der Waals surface area contributed by atoms with Crippen molar-refractivity contribution >= 4 is 27.0 Å². The Morgan fingerprint density at radius 2 is 0.926 bits per heavy atom. The van der Waals surface area contributed by atoms with Crippen molar-refractivity contribution in [3.05, 3.63) is 91.0 Å². The standard InChI is InChI=1S/C22H24IO3P/c1-19(2)18-27(23,24-20-12-6-3-7-13-20,25-21-14-8-4-9-15-21)26-22-16-10-5-11-17-22/h3-17,19H,18H2,1-2H3. The molecule has 0 amide bonds. The van der Waals surface area contributed by atoms with Crippen LogP contribution in [0.15, 0.2) is 91.0 Å². The Morgan fingerprint density at radius 1 is 0.630 bits per heavy atom. The molecule has 0 aliphatic rings. The Bertz CT molecular complexity index is 737. The number of halogens is 1. The molecule has 3 rings (SSSR count). The van der Waals surface area contributed by atoms with Crippen molar-refractivity contribution < 1.29 is 13.6 Å². The van der Waals surface area contributed by atoms with Crippen LogP contribution in [-0.2, 0) is 0 Å². The van der Waals surface area contributed by atoms with E-state index in [9.17, 15) is 0 Å². The Labute approximate surface area is 174 Å². The molecule has 3 aromatic carbocycles. The zero-order valence-electron chi connectivity index (χ0n) is 15.5. The van der Waals surface area contributed by atoms with E-state index in [-0.39, 0.29) is 0 Å². The molecular formula is C22H24IO3P. The van der Waals surface area contributed by atoms with Gasteiger partial charge in [0.1, 0.15) is 0 Å². The molecule has 0 saturated carbocycles. The first kappa shape index (κ1) is 20.0. The van der Waals surface area contributed by atoms with Crippen molar-refractivity contribution in [1.29, 1.82) is 0 Å². The fourth-order valence-electron chi connectivity index (χ4n) is 2.80. The van der Waals surface area contributed by atoms with Crippen LogP contribution in [-0.4, -0.2) is 6.16 Å². The molecule has 5 heteroatoms. The maximum atomic E-state index is 6.58. The first-order chi connectivity index (χ1) is 12.9. The summed E-state index contributed by atoms with van der Waals surface area (Å²) in [6, 6.07) is 29.2. The van der Waals surface area contributed by atoms with Gasteiger partial charge in [0.15, 0.2) is 0 Å². The molecule has 3 nitrogen and oxygen atoms in total. The van der Waals surface area contributed by atoms with Gasteiger partial charge in [-0.3, -0.25) is 0 Å². The molecule has 0 N–H and O–H groups in total. The molecule has 0 radical (unpaired) electrons. The normalized spacial score (nSPS) is 12.8. The molecule has 3 aromatic rings. The van der Waals surface area contributed by atoms with Crippen molar-refractivity contribution in [3.8, 4) is 17.2 Å². The summed E-state index contributed by atoms with van der Waals surface area (Å²) in [7, 11) is 0. The van der Waals surface area contributed by atoms with Gasteiger partial charge in [0.25, 0.3) is 0 Å². The van der Waals surface area contributed by atoms with E-state index < -0.39 is 4.93 Å². The van der Waals surface area contributed by atoms with Gasteiger partial charge in [0, 0.05) is 0 Å². The van der Waals surface area contributed by atoms with Crippen LogP contribution in [0.5, 0.6) is 17.2 Å². The van der Waals surface area contributed by atoms with E-state index in [1.54, 1.807) is 0 Å². The number of para-hydroxylation sites is 3. The second-order valence-corrected chi connectivity index (χ2v) is 15.1. The average molecular weight is 494 g/mol. The zero-order valence-corrected chi connectivity index (χ0v) is 18.5. The maximum absolute atomic E-state index is 6.58. The molecule has 0 unspecified atom stereocenters. The Morgan fingerprint density at radius 3 is 1.19 bits per heavy atom. The number of hydrogen-bond donors (Lipinski definition) is 0. The van der Waals surface area contributed by atoms with Crippen LogP contribution in [0.4, 0.5) is 0 Å². The van der Waals surface area contributed by atoms with E-state index in [2.05, 4.69) is 35.9 Å². The summed E-state index contributed by atoms with van der Waals surface area (Å²) in [5, 5.41) is 0. The molecule has 0 saturated heterocycles. The molecule has 0 atom stereocenters. The van der Waals surface area contributed by atoms with Crippen LogP contribution >= 0.6 is 27.0 Å². The minimum absolute atomic E-state index is 0.315. The predicted octanol–water partition coefficient (Wildman–Crippen LogP) is 7.53. The first-order valence-electron chi connectivity index (χ1n) is 8.94. The van der Waals surface area contributed by atoms with E-state index in [0.717, 1.165) is 17.2 Å². The molecule has 0 fully saturated rings. The van der Waals surface area contributed by atoms with Crippen LogP contribution in [0.2, 0.25) is 0 Å². The van der Waals surface area contributed by atoms with E-state index in [1.165, 1.54) is 0 Å². The SMILES string of the molecule is CC(C)CP(I)(Oc1ccccc1)(Oc1ccccc1)Oc1ccccc1. The fraction of sp³-hybridized carbons (Fsp3) is 0.182. The molecule has 0 heterocycles. The van der Waals surface area contributed by atoms with Gasteiger partial charge in [0.2, 0.25) is 0 Å². The molecule has 0 bridgehead atoms. The van der Waals surface area contributed by atoms with Crippen molar-refractivity contribution in [2.24, 2.45) is 5.92 Å². The van der Waals surface area contributed by atoms with E-state index in [1.807, 2.05) is 91.0 Å². The summed E-state index contributed by atoms with van der Waals surface area (Å²) in [4.78, 5) is -3.61. The van der Waals surface area contributed by atoms with Crippen molar-refractivity contribution in [2.45, 2.75) is 13.8 Å². The third-order valence-corrected chi connectivity index (χ3v) is 9.67. The van der Waals surface area contributed by atoms with Crippen LogP contribution in [0.25, 0.3) is 0 Å². The zero-order chi connectivity index (χ0) is 19.2. The van der Waals surface area contributed by atoms with Gasteiger partial charge in [-0.15, -0.1) is 0 Å². The van der Waals surface area contributed by atoms with E-state index in [4.69, 9.17) is 13.6 Å². The first-order valence-corrected chi connectivity index (χ1v) is 13.9. The van der Waals surface area contributed by atoms with Gasteiger partial charge in [0.05, 0.1) is 0 Å². The molecule has 27 heavy (non-hydrogen) atoms. The van der Waals surface area contributed by atoms with Gasteiger partial charge in [-0.25, -0.2) is 0 Å². The Hall–Kier alpha value is -1.78. The summed E-state index contributed by atoms with van der Waals surface area (Å²) in [6.45, 7) is 4.30. The summed E-state index contributed by atoms with van der Waals surface area (Å²) >= 11 is 2.30. The Kier molecular flexibility index (Phi) is 6.28. The summed E-state index contributed by atoms with van der Waals surface area (Å²) in [5.41, 5.74) is 0. The molecular weight excluding hydrogens is 470 g/mol. The van der Waals surface area contributed by atoms with Crippen LogP contribution in [0.1, 0.15) is 13.8 Å². The van der Waals surface area contributed by atoms with E-state index in [0.29, 0.717) is 12.1 Å². The van der Waals surface area contributed by atoms with Crippen molar-refractivity contribution in [2.75, 3.05) is 6.16 Å². The van der Waals surface area contributed by atoms with Crippen LogP contribution in [0, 0.1) is 5.92 Å². The van der Waals surface area contributed by atoms with Crippen molar-refractivity contribution in [1.82, 2.24) is 0 Å². The van der Waals surface area contributed by atoms with Crippen LogP contribution < -0.4 is 13.6 Å². The third-order valence-electron chi connectivity index (χ3n) is 3.72. The molecule has 0 aliphatic heterocycles. The summed E-state index contributed by atoms with van der Waals surface area (Å²) in [6.07, 6.45) is 0.644. The quantitative estimate of drug-likeness (QED) is 0.239. The Balaban J connectivity index is 2.07. The fourth-order valence-corrected chi connectivity index (χ4v) is 10.3. The predicted molar refractivity (Wildman–Crippen MR) is 122 cm³/mol. The number of hydrogen-bond acceptors (Lipinski definition) is 3. The second-order valence-electron chi connectivity index (χ2n) is 6.73. The number of rotatable bonds is 8. The molecule has 0 spiro atoms. The van der Waals surface area contributed by atoms with Gasteiger partial charge >= 0.3 is 175 Å². The molecule has 142 valence electrons. The third kappa shape index (κ3) is 5.60. The summed E-state index contributed by atoms with van der Waals surface area (Å²) < 4.78 is 19.7. The van der Waals surface area contributed by atoms with Gasteiger partial charge in [-0.05, 0) is 0 Å². The summed E-state index contributed by atoms with van der Waals surface area (Å²) in [5.74, 6) is 2.52. The molecule has 0 aromatic heterocycles. The van der Waals surface area contributed by atoms with Gasteiger partial charge in [-0.1, -0.05) is 0 Å². The second kappa shape index (κ2) is 8.49.